The van der Waals surface area contributed by atoms with E-state index >= 15 is 0 Å². The number of carboxylic acids is 1. The summed E-state index contributed by atoms with van der Waals surface area (Å²) in [7, 11) is 0. The largest absolute Gasteiger partial charge is 0.481 e. The van der Waals surface area contributed by atoms with Crippen LogP contribution in [0.3, 0.4) is 0 Å². The lowest BCUT2D eigenvalue weighted by atomic mass is 10.2. The van der Waals surface area contributed by atoms with E-state index in [0.717, 1.165) is 0 Å². The van der Waals surface area contributed by atoms with Crippen molar-refractivity contribution in [2.45, 2.75) is 26.3 Å². The monoisotopic (exact) mass is 197 g/mol. The van der Waals surface area contributed by atoms with Gasteiger partial charge in [-0.25, -0.2) is 4.68 Å². The fourth-order valence-electron chi connectivity index (χ4n) is 1.06. The Hall–Kier alpha value is -1.72. The van der Waals surface area contributed by atoms with Crippen molar-refractivity contribution in [1.82, 2.24) is 15.0 Å². The molecule has 0 spiro atoms. The zero-order valence-electron chi connectivity index (χ0n) is 7.80. The summed E-state index contributed by atoms with van der Waals surface area (Å²) >= 11 is 0. The Bertz CT molecular complexity index is 345. The summed E-state index contributed by atoms with van der Waals surface area (Å²) in [6.45, 7) is 2.39. The van der Waals surface area contributed by atoms with Crippen molar-refractivity contribution >= 4 is 11.8 Å². The minimum absolute atomic E-state index is 0.0112. The third-order valence-electron chi connectivity index (χ3n) is 1.77. The summed E-state index contributed by atoms with van der Waals surface area (Å²) in [5.74, 6) is -1.21. The molecule has 6 heteroatoms. The summed E-state index contributed by atoms with van der Waals surface area (Å²) < 4.78 is 1.45. The van der Waals surface area contributed by atoms with Gasteiger partial charge in [-0.2, -0.15) is 0 Å². The number of hydrogen-bond acceptors (Lipinski definition) is 4. The molecule has 0 aliphatic carbocycles. The van der Waals surface area contributed by atoms with Gasteiger partial charge in [-0.3, -0.25) is 9.59 Å². The van der Waals surface area contributed by atoms with Crippen LogP contribution in [0.15, 0.2) is 6.20 Å². The van der Waals surface area contributed by atoms with Gasteiger partial charge < -0.3 is 5.11 Å². The number of carbonyl (C=O) groups excluding carboxylic acids is 1. The second kappa shape index (κ2) is 4.50. The topological polar surface area (TPSA) is 85.1 Å². The maximum atomic E-state index is 11.4. The van der Waals surface area contributed by atoms with Crippen LogP contribution in [0, 0.1) is 0 Å². The van der Waals surface area contributed by atoms with Crippen molar-refractivity contribution in [3.63, 3.8) is 0 Å². The van der Waals surface area contributed by atoms with E-state index in [0.29, 0.717) is 12.2 Å². The first-order chi connectivity index (χ1) is 6.65. The number of Topliss-reactive ketones (excluding diaryl/α,β-unsaturated/α-hetero) is 1. The van der Waals surface area contributed by atoms with E-state index in [2.05, 4.69) is 10.3 Å². The smallest absolute Gasteiger partial charge is 0.303 e. The van der Waals surface area contributed by atoms with Crippen LogP contribution in [0.2, 0.25) is 0 Å². The molecule has 14 heavy (non-hydrogen) atoms. The number of hydrogen-bond donors (Lipinski definition) is 1. The van der Waals surface area contributed by atoms with E-state index in [1.54, 1.807) is 0 Å². The molecule has 0 amide bonds. The molecule has 0 atom stereocenters. The van der Waals surface area contributed by atoms with Crippen LogP contribution in [0.25, 0.3) is 0 Å². The summed E-state index contributed by atoms with van der Waals surface area (Å²) in [6.07, 6.45) is 1.18. The molecule has 76 valence electrons. The van der Waals surface area contributed by atoms with Gasteiger partial charge in [0, 0.05) is 13.0 Å². The van der Waals surface area contributed by atoms with Crippen molar-refractivity contribution in [3.8, 4) is 0 Å². The molecule has 0 saturated carbocycles. The second-order valence-corrected chi connectivity index (χ2v) is 2.75. The molecule has 0 aliphatic heterocycles. The predicted molar refractivity (Wildman–Crippen MR) is 46.9 cm³/mol. The van der Waals surface area contributed by atoms with Crippen molar-refractivity contribution in [1.29, 1.82) is 0 Å². The molecule has 1 N–H and O–H groups in total. The minimum atomic E-state index is -0.978. The van der Waals surface area contributed by atoms with Gasteiger partial charge in [-0.15, -0.1) is 5.10 Å². The van der Waals surface area contributed by atoms with Gasteiger partial charge in [-0.1, -0.05) is 5.21 Å². The van der Waals surface area contributed by atoms with Crippen LogP contribution in [-0.4, -0.2) is 31.9 Å². The molecule has 0 aromatic carbocycles. The van der Waals surface area contributed by atoms with Crippen LogP contribution in [0.1, 0.15) is 30.3 Å². The SMILES string of the molecule is CCn1nncc1C(=O)CCC(=O)O. The highest BCUT2D eigenvalue weighted by Crippen LogP contribution is 2.03. The van der Waals surface area contributed by atoms with Crippen molar-refractivity contribution in [2.75, 3.05) is 0 Å². The molecule has 0 saturated heterocycles. The fourth-order valence-corrected chi connectivity index (χ4v) is 1.06. The Balaban J connectivity index is 2.64. The number of aromatic nitrogens is 3. The lowest BCUT2D eigenvalue weighted by molar-refractivity contribution is -0.136. The van der Waals surface area contributed by atoms with E-state index in [1.165, 1.54) is 10.9 Å². The standard InChI is InChI=1S/C8H11N3O3/c1-2-11-6(5-9-10-11)7(12)3-4-8(13)14/h5H,2-4H2,1H3,(H,13,14). The minimum Gasteiger partial charge on any atom is -0.481 e. The predicted octanol–water partition coefficient (Wildman–Crippen LogP) is 0.345. The average molecular weight is 197 g/mol. The molecule has 0 fully saturated rings. The van der Waals surface area contributed by atoms with E-state index in [9.17, 15) is 9.59 Å². The Kier molecular flexibility index (Phi) is 3.33. The number of aliphatic carboxylic acids is 1. The molecule has 1 aromatic rings. The molecule has 0 radical (unpaired) electrons. The molecule has 1 aromatic heterocycles. The Morgan fingerprint density at radius 1 is 1.50 bits per heavy atom. The maximum Gasteiger partial charge on any atom is 0.303 e. The third kappa shape index (κ3) is 2.38. The molecule has 0 bridgehead atoms. The van der Waals surface area contributed by atoms with Gasteiger partial charge in [0.1, 0.15) is 5.69 Å². The summed E-state index contributed by atoms with van der Waals surface area (Å²) in [4.78, 5) is 21.7. The zero-order valence-corrected chi connectivity index (χ0v) is 7.80. The van der Waals surface area contributed by atoms with E-state index in [1.807, 2.05) is 6.92 Å². The van der Waals surface area contributed by atoms with Gasteiger partial charge in [0.25, 0.3) is 0 Å². The molecule has 1 rings (SSSR count). The Labute approximate surface area is 80.5 Å². The van der Waals surface area contributed by atoms with Crippen LogP contribution in [0.5, 0.6) is 0 Å². The van der Waals surface area contributed by atoms with Crippen LogP contribution < -0.4 is 0 Å². The zero-order chi connectivity index (χ0) is 10.6. The lowest BCUT2D eigenvalue weighted by Gasteiger charge is -2.00. The van der Waals surface area contributed by atoms with E-state index < -0.39 is 5.97 Å². The quantitative estimate of drug-likeness (QED) is 0.688. The molecule has 1 heterocycles. The molecule has 0 aliphatic rings. The second-order valence-electron chi connectivity index (χ2n) is 2.75. The first-order valence-electron chi connectivity index (χ1n) is 4.28. The van der Waals surface area contributed by atoms with Crippen LogP contribution >= 0.6 is 0 Å². The third-order valence-corrected chi connectivity index (χ3v) is 1.77. The molecular weight excluding hydrogens is 186 g/mol. The Morgan fingerprint density at radius 2 is 2.21 bits per heavy atom. The van der Waals surface area contributed by atoms with Gasteiger partial charge in [0.2, 0.25) is 0 Å². The van der Waals surface area contributed by atoms with E-state index in [-0.39, 0.29) is 18.6 Å². The molecule has 6 nitrogen and oxygen atoms in total. The van der Waals surface area contributed by atoms with Gasteiger partial charge in [-0.05, 0) is 6.92 Å². The highest BCUT2D eigenvalue weighted by atomic mass is 16.4. The number of rotatable bonds is 5. The first-order valence-corrected chi connectivity index (χ1v) is 4.28. The molecular formula is C8H11N3O3. The Morgan fingerprint density at radius 3 is 2.79 bits per heavy atom. The highest BCUT2D eigenvalue weighted by Gasteiger charge is 2.13. The summed E-state index contributed by atoms with van der Waals surface area (Å²) in [6, 6.07) is 0. The number of nitrogens with zero attached hydrogens (tertiary/aromatic N) is 3. The first kappa shape index (κ1) is 10.4. The highest BCUT2D eigenvalue weighted by molar-refractivity contribution is 5.95. The average Bonchev–Trinajstić information content (AvgIpc) is 2.61. The number of carbonyl (C=O) groups is 2. The number of ketones is 1. The van der Waals surface area contributed by atoms with E-state index in [4.69, 9.17) is 5.11 Å². The van der Waals surface area contributed by atoms with Crippen LogP contribution in [0.4, 0.5) is 0 Å². The fraction of sp³-hybridized carbons (Fsp3) is 0.500. The van der Waals surface area contributed by atoms with Gasteiger partial charge in [0.15, 0.2) is 5.78 Å². The number of aryl methyl sites for hydroxylation is 1. The maximum absolute atomic E-state index is 11.4. The van der Waals surface area contributed by atoms with Crippen molar-refractivity contribution in [3.05, 3.63) is 11.9 Å². The van der Waals surface area contributed by atoms with Gasteiger partial charge >= 0.3 is 5.97 Å². The summed E-state index contributed by atoms with van der Waals surface area (Å²) in [5.41, 5.74) is 0.369. The summed E-state index contributed by atoms with van der Waals surface area (Å²) in [5, 5.41) is 15.7. The number of carboxylic acid groups (broad SMARTS) is 1. The lowest BCUT2D eigenvalue weighted by Crippen LogP contribution is -2.10. The normalized spacial score (nSPS) is 10.1. The van der Waals surface area contributed by atoms with Gasteiger partial charge in [0.05, 0.1) is 12.6 Å². The van der Waals surface area contributed by atoms with Crippen LogP contribution in [-0.2, 0) is 11.3 Å². The van der Waals surface area contributed by atoms with Crippen molar-refractivity contribution in [2.24, 2.45) is 0 Å². The molecule has 0 unspecified atom stereocenters. The van der Waals surface area contributed by atoms with Crippen molar-refractivity contribution < 1.29 is 14.7 Å².